The van der Waals surface area contributed by atoms with Gasteiger partial charge in [-0.1, -0.05) is 42.0 Å². The summed E-state index contributed by atoms with van der Waals surface area (Å²) in [6.07, 6.45) is 0.824. The number of oxazole rings is 1. The second-order valence-electron chi connectivity index (χ2n) is 14.3. The number of fused-ring (bicyclic) bond motifs is 5. The fraction of sp³-hybridized carbons (Fsp3) is 0.225. The standard InChI is InChI=1S/C40H24Cl2F5N3O6/c1-16-5-4-6-21(33(16)51)26-19-13-14-20-25(36(53)49(35(20)52)18-11-9-17(10-12-18)34-48-23-7-2-3-8-24(23)56-34)22(19)15-39(41)37(54)50(38(55)40(26,39)42)32-30(46)28(44)27(43)29(45)31(32)47/h2-13,20,22,25-26,51H,14-15H2,1H3/t20-,22+,25-,26+,39+,40-/m0/s1. The molecule has 3 fully saturated rings. The van der Waals surface area contributed by atoms with Crippen molar-refractivity contribution in [1.29, 1.82) is 0 Å². The molecule has 16 heteroatoms. The van der Waals surface area contributed by atoms with Crippen molar-refractivity contribution in [1.82, 2.24) is 4.98 Å². The van der Waals surface area contributed by atoms with Crippen LogP contribution < -0.4 is 9.80 Å². The fourth-order valence-electron chi connectivity index (χ4n) is 8.83. The van der Waals surface area contributed by atoms with E-state index in [1.54, 1.807) is 36.4 Å². The molecule has 2 saturated heterocycles. The molecule has 2 aliphatic heterocycles. The molecule has 284 valence electrons. The number of hydrogen-bond donors (Lipinski definition) is 1. The van der Waals surface area contributed by atoms with Gasteiger partial charge in [0, 0.05) is 17.0 Å². The molecule has 1 saturated carbocycles. The quantitative estimate of drug-likeness (QED) is 0.0489. The number of allylic oxidation sites excluding steroid dienone is 2. The largest absolute Gasteiger partial charge is 0.507 e. The summed E-state index contributed by atoms with van der Waals surface area (Å²) >= 11 is 14.3. The first kappa shape index (κ1) is 36.1. The van der Waals surface area contributed by atoms with Crippen LogP contribution in [0.25, 0.3) is 22.6 Å². The third kappa shape index (κ3) is 4.56. The molecule has 1 aromatic heterocycles. The van der Waals surface area contributed by atoms with E-state index in [-0.39, 0.29) is 33.7 Å². The maximum Gasteiger partial charge on any atom is 0.258 e. The number of anilines is 2. The van der Waals surface area contributed by atoms with E-state index in [9.17, 15) is 37.5 Å². The van der Waals surface area contributed by atoms with Gasteiger partial charge in [-0.25, -0.2) is 31.8 Å². The van der Waals surface area contributed by atoms with E-state index in [1.807, 2.05) is 6.07 Å². The number of phenolic OH excluding ortho intramolecular Hbond substituents is 1. The van der Waals surface area contributed by atoms with Gasteiger partial charge in [0.05, 0.1) is 17.5 Å². The van der Waals surface area contributed by atoms with Gasteiger partial charge in [-0.05, 0) is 67.6 Å². The van der Waals surface area contributed by atoms with Gasteiger partial charge in [-0.3, -0.25) is 24.1 Å². The van der Waals surface area contributed by atoms with Crippen LogP contribution in [0.4, 0.5) is 33.3 Å². The van der Waals surface area contributed by atoms with Crippen molar-refractivity contribution in [3.63, 3.8) is 0 Å². The lowest BCUT2D eigenvalue weighted by atomic mass is 9.56. The van der Waals surface area contributed by atoms with Crippen LogP contribution in [0.2, 0.25) is 0 Å². The highest BCUT2D eigenvalue weighted by atomic mass is 35.5. The zero-order chi connectivity index (χ0) is 39.7. The van der Waals surface area contributed by atoms with Gasteiger partial charge >= 0.3 is 0 Å². The Labute approximate surface area is 322 Å². The average Bonchev–Trinajstić information content (AvgIpc) is 3.78. The summed E-state index contributed by atoms with van der Waals surface area (Å²) < 4.78 is 79.6. The van der Waals surface area contributed by atoms with Crippen LogP contribution in [0.15, 0.2) is 82.8 Å². The molecule has 4 aliphatic rings. The molecular formula is C40H24Cl2F5N3O6. The van der Waals surface area contributed by atoms with Crippen molar-refractivity contribution in [2.75, 3.05) is 9.80 Å². The molecule has 56 heavy (non-hydrogen) atoms. The number of rotatable bonds is 4. The number of nitrogens with zero attached hydrogens (tertiary/aromatic N) is 3. The third-order valence-electron chi connectivity index (χ3n) is 11.5. The monoisotopic (exact) mass is 807 g/mol. The lowest BCUT2D eigenvalue weighted by molar-refractivity contribution is -0.125. The van der Waals surface area contributed by atoms with Crippen molar-refractivity contribution in [2.24, 2.45) is 17.8 Å². The summed E-state index contributed by atoms with van der Waals surface area (Å²) in [5.41, 5.74) is 0.505. The first-order valence-corrected chi connectivity index (χ1v) is 18.0. The smallest absolute Gasteiger partial charge is 0.258 e. The van der Waals surface area contributed by atoms with Crippen molar-refractivity contribution >= 4 is 69.3 Å². The summed E-state index contributed by atoms with van der Waals surface area (Å²) in [5.74, 6) is -21.9. The predicted molar refractivity (Wildman–Crippen MR) is 191 cm³/mol. The lowest BCUT2D eigenvalue weighted by Crippen LogP contribution is -2.60. The van der Waals surface area contributed by atoms with Crippen molar-refractivity contribution < 1.29 is 50.7 Å². The molecule has 2 aliphatic carbocycles. The molecule has 1 N–H and O–H groups in total. The summed E-state index contributed by atoms with van der Waals surface area (Å²) in [6.45, 7) is 1.52. The third-order valence-corrected chi connectivity index (χ3v) is 12.9. The molecule has 0 bridgehead atoms. The van der Waals surface area contributed by atoms with Gasteiger partial charge in [0.2, 0.25) is 23.5 Å². The molecule has 0 radical (unpaired) electrons. The first-order chi connectivity index (χ1) is 26.6. The molecule has 3 heterocycles. The fourth-order valence-corrected chi connectivity index (χ4v) is 9.76. The van der Waals surface area contributed by atoms with Crippen molar-refractivity contribution in [3.8, 4) is 17.2 Å². The number of carbonyl (C=O) groups excluding carboxylic acids is 4. The molecule has 6 atom stereocenters. The molecule has 5 aromatic rings. The Morgan fingerprint density at radius 2 is 1.45 bits per heavy atom. The number of aryl methyl sites for hydroxylation is 1. The lowest BCUT2D eigenvalue weighted by Gasteiger charge is -2.50. The maximum atomic E-state index is 15.3. The normalized spacial score (nSPS) is 27.2. The van der Waals surface area contributed by atoms with E-state index in [1.165, 1.54) is 37.3 Å². The molecule has 0 unspecified atom stereocenters. The van der Waals surface area contributed by atoms with Crippen LogP contribution in [-0.4, -0.2) is 43.5 Å². The van der Waals surface area contributed by atoms with Gasteiger partial charge in [0.25, 0.3) is 11.8 Å². The molecule has 0 spiro atoms. The van der Waals surface area contributed by atoms with Crippen LogP contribution in [0.5, 0.6) is 5.75 Å². The Morgan fingerprint density at radius 3 is 2.12 bits per heavy atom. The average molecular weight is 809 g/mol. The van der Waals surface area contributed by atoms with Crippen LogP contribution in [0, 0.1) is 53.8 Å². The Morgan fingerprint density at radius 1 is 0.786 bits per heavy atom. The van der Waals surface area contributed by atoms with Crippen LogP contribution in [0.3, 0.4) is 0 Å². The summed E-state index contributed by atoms with van der Waals surface area (Å²) in [6, 6.07) is 17.8. The number of phenols is 1. The molecule has 4 aromatic carbocycles. The highest BCUT2D eigenvalue weighted by Gasteiger charge is 2.77. The predicted octanol–water partition coefficient (Wildman–Crippen LogP) is 7.97. The Bertz CT molecular complexity index is 2590. The minimum Gasteiger partial charge on any atom is -0.507 e. The second kappa shape index (κ2) is 12.2. The summed E-state index contributed by atoms with van der Waals surface area (Å²) in [4.78, 5) is 57.2. The number of benzene rings is 4. The second-order valence-corrected chi connectivity index (χ2v) is 15.5. The van der Waals surface area contributed by atoms with Gasteiger partial charge in [0.1, 0.15) is 17.0 Å². The van der Waals surface area contributed by atoms with Crippen LogP contribution in [0.1, 0.15) is 29.9 Å². The minimum absolute atomic E-state index is 0.0621. The number of aromatic hydroxyl groups is 1. The van der Waals surface area contributed by atoms with Gasteiger partial charge in [-0.2, -0.15) is 0 Å². The van der Waals surface area contributed by atoms with Gasteiger partial charge in [0.15, 0.2) is 38.6 Å². The van der Waals surface area contributed by atoms with E-state index in [0.717, 1.165) is 4.90 Å². The summed E-state index contributed by atoms with van der Waals surface area (Å²) in [5, 5.41) is 11.4. The van der Waals surface area contributed by atoms with Gasteiger partial charge < -0.3 is 9.52 Å². The minimum atomic E-state index is -2.75. The number of imide groups is 2. The number of hydrogen-bond acceptors (Lipinski definition) is 7. The summed E-state index contributed by atoms with van der Waals surface area (Å²) in [7, 11) is 0. The van der Waals surface area contributed by atoms with Gasteiger partial charge in [-0.15, -0.1) is 23.2 Å². The number of aromatic nitrogens is 1. The highest BCUT2D eigenvalue weighted by molar-refractivity contribution is 6.58. The van der Waals surface area contributed by atoms with Crippen LogP contribution >= 0.6 is 23.2 Å². The Hall–Kier alpha value is -5.60. The van der Waals surface area contributed by atoms with Crippen molar-refractivity contribution in [2.45, 2.75) is 35.4 Å². The van der Waals surface area contributed by atoms with E-state index < -0.39 is 104 Å². The number of para-hydroxylation sites is 3. The zero-order valence-corrected chi connectivity index (χ0v) is 30.1. The van der Waals surface area contributed by atoms with Crippen LogP contribution in [-0.2, 0) is 19.2 Å². The molecular weight excluding hydrogens is 784 g/mol. The molecule has 4 amide bonds. The molecule has 9 nitrogen and oxygen atoms in total. The zero-order valence-electron chi connectivity index (χ0n) is 28.6. The van der Waals surface area contributed by atoms with E-state index in [4.69, 9.17) is 27.6 Å². The first-order valence-electron chi connectivity index (χ1n) is 17.2. The number of carbonyl (C=O) groups is 4. The maximum absolute atomic E-state index is 15.3. The van der Waals surface area contributed by atoms with Crippen molar-refractivity contribution in [3.05, 3.63) is 119 Å². The van der Waals surface area contributed by atoms with E-state index in [2.05, 4.69) is 4.98 Å². The number of halogens is 7. The highest BCUT2D eigenvalue weighted by Crippen LogP contribution is 2.67. The van der Waals surface area contributed by atoms with E-state index in [0.29, 0.717) is 22.6 Å². The topological polar surface area (TPSA) is 121 Å². The number of alkyl halides is 2. The SMILES string of the molecule is Cc1cccc([C@H]2C3=CC[C@@H]4C(=O)N(c5ccc(-c6nc7ccccc7o6)cc5)C(=O)[C@@H]4[C@@H]3C[C@@]3(Cl)C(=O)N(c4c(F)c(F)c(F)c(F)c4F)C(=O)[C@@]23Cl)c1O. The Balaban J connectivity index is 1.15. The molecule has 9 rings (SSSR count). The number of amides is 4. The van der Waals surface area contributed by atoms with E-state index >= 15 is 8.78 Å². The Kier molecular flexibility index (Phi) is 7.86.